The van der Waals surface area contributed by atoms with Gasteiger partial charge in [-0.2, -0.15) is 0 Å². The quantitative estimate of drug-likeness (QED) is 0.692. The summed E-state index contributed by atoms with van der Waals surface area (Å²) in [4.78, 5) is 11.5. The van der Waals surface area contributed by atoms with Gasteiger partial charge in [0, 0.05) is 18.7 Å². The summed E-state index contributed by atoms with van der Waals surface area (Å²) >= 11 is 0. The van der Waals surface area contributed by atoms with Crippen molar-refractivity contribution in [3.05, 3.63) is 11.6 Å². The molecule has 1 unspecified atom stereocenters. The SMILES string of the molecule is CC(C)=CC(=O)NC(CN)C1CCCC1. The predicted molar refractivity (Wildman–Crippen MR) is 62.4 cm³/mol. The smallest absolute Gasteiger partial charge is 0.244 e. The van der Waals surface area contributed by atoms with Gasteiger partial charge in [0.1, 0.15) is 0 Å². The Morgan fingerprint density at radius 3 is 2.53 bits per heavy atom. The molecule has 0 aliphatic heterocycles. The van der Waals surface area contributed by atoms with Crippen LogP contribution in [0.15, 0.2) is 11.6 Å². The van der Waals surface area contributed by atoms with E-state index in [4.69, 9.17) is 5.73 Å². The van der Waals surface area contributed by atoms with Crippen molar-refractivity contribution in [2.75, 3.05) is 6.54 Å². The molecule has 0 spiro atoms. The summed E-state index contributed by atoms with van der Waals surface area (Å²) < 4.78 is 0. The lowest BCUT2D eigenvalue weighted by Gasteiger charge is -2.22. The van der Waals surface area contributed by atoms with Gasteiger partial charge in [0.05, 0.1) is 0 Å². The van der Waals surface area contributed by atoms with Gasteiger partial charge in [0.15, 0.2) is 0 Å². The van der Waals surface area contributed by atoms with E-state index in [-0.39, 0.29) is 11.9 Å². The molecule has 0 bridgehead atoms. The third-order valence-corrected chi connectivity index (χ3v) is 2.97. The maximum atomic E-state index is 11.5. The van der Waals surface area contributed by atoms with Crippen LogP contribution < -0.4 is 11.1 Å². The third-order valence-electron chi connectivity index (χ3n) is 2.97. The van der Waals surface area contributed by atoms with Crippen LogP contribution in [0.3, 0.4) is 0 Å². The monoisotopic (exact) mass is 210 g/mol. The average Bonchev–Trinajstić information content (AvgIpc) is 2.65. The van der Waals surface area contributed by atoms with Crippen molar-refractivity contribution in [1.82, 2.24) is 5.32 Å². The highest BCUT2D eigenvalue weighted by atomic mass is 16.1. The van der Waals surface area contributed by atoms with Crippen molar-refractivity contribution in [3.8, 4) is 0 Å². The molecule has 86 valence electrons. The Morgan fingerprint density at radius 1 is 1.47 bits per heavy atom. The predicted octanol–water partition coefficient (Wildman–Crippen LogP) is 1.59. The van der Waals surface area contributed by atoms with Crippen molar-refractivity contribution in [1.29, 1.82) is 0 Å². The maximum absolute atomic E-state index is 11.5. The van der Waals surface area contributed by atoms with E-state index in [0.29, 0.717) is 12.5 Å². The summed E-state index contributed by atoms with van der Waals surface area (Å²) in [5, 5.41) is 3.00. The van der Waals surface area contributed by atoms with Crippen LogP contribution in [0.5, 0.6) is 0 Å². The molecule has 1 aliphatic carbocycles. The number of carbonyl (C=O) groups is 1. The number of allylic oxidation sites excluding steroid dienone is 1. The second kappa shape index (κ2) is 5.91. The van der Waals surface area contributed by atoms with Gasteiger partial charge >= 0.3 is 0 Å². The van der Waals surface area contributed by atoms with E-state index in [2.05, 4.69) is 5.32 Å². The van der Waals surface area contributed by atoms with E-state index in [1.165, 1.54) is 25.7 Å². The molecule has 3 heteroatoms. The lowest BCUT2D eigenvalue weighted by Crippen LogP contribution is -2.44. The van der Waals surface area contributed by atoms with Gasteiger partial charge in [-0.1, -0.05) is 18.4 Å². The van der Waals surface area contributed by atoms with Crippen LogP contribution >= 0.6 is 0 Å². The first-order valence-electron chi connectivity index (χ1n) is 5.79. The minimum atomic E-state index is -0.00245. The Kier molecular flexibility index (Phi) is 4.82. The van der Waals surface area contributed by atoms with Crippen LogP contribution in [0.1, 0.15) is 39.5 Å². The minimum Gasteiger partial charge on any atom is -0.348 e. The van der Waals surface area contributed by atoms with Gasteiger partial charge in [0.25, 0.3) is 0 Å². The van der Waals surface area contributed by atoms with Gasteiger partial charge in [-0.05, 0) is 32.6 Å². The van der Waals surface area contributed by atoms with Gasteiger partial charge in [0.2, 0.25) is 5.91 Å². The highest BCUT2D eigenvalue weighted by Crippen LogP contribution is 2.27. The summed E-state index contributed by atoms with van der Waals surface area (Å²) in [7, 11) is 0. The van der Waals surface area contributed by atoms with Crippen molar-refractivity contribution >= 4 is 5.91 Å². The Labute approximate surface area is 92.1 Å². The fraction of sp³-hybridized carbons (Fsp3) is 0.750. The van der Waals surface area contributed by atoms with Crippen LogP contribution in [0.4, 0.5) is 0 Å². The van der Waals surface area contributed by atoms with E-state index >= 15 is 0 Å². The normalized spacial score (nSPS) is 18.6. The molecule has 0 aromatic carbocycles. The highest BCUT2D eigenvalue weighted by molar-refractivity contribution is 5.88. The Bertz CT molecular complexity index is 238. The Morgan fingerprint density at radius 2 is 2.07 bits per heavy atom. The molecule has 1 amide bonds. The van der Waals surface area contributed by atoms with Crippen LogP contribution in [0.2, 0.25) is 0 Å². The minimum absolute atomic E-state index is 0.00245. The molecule has 1 atom stereocenters. The number of amides is 1. The van der Waals surface area contributed by atoms with Crippen LogP contribution in [0.25, 0.3) is 0 Å². The van der Waals surface area contributed by atoms with Gasteiger partial charge in [-0.25, -0.2) is 0 Å². The fourth-order valence-electron chi connectivity index (χ4n) is 2.22. The molecule has 15 heavy (non-hydrogen) atoms. The van der Waals surface area contributed by atoms with Crippen LogP contribution in [0, 0.1) is 5.92 Å². The molecule has 1 fully saturated rings. The van der Waals surface area contributed by atoms with E-state index in [0.717, 1.165) is 5.57 Å². The zero-order chi connectivity index (χ0) is 11.3. The molecule has 1 aliphatic rings. The van der Waals surface area contributed by atoms with Gasteiger partial charge < -0.3 is 11.1 Å². The zero-order valence-electron chi connectivity index (χ0n) is 9.75. The lowest BCUT2D eigenvalue weighted by molar-refractivity contribution is -0.117. The molecular formula is C12H22N2O. The molecule has 0 radical (unpaired) electrons. The largest absolute Gasteiger partial charge is 0.348 e. The Balaban J connectivity index is 2.45. The van der Waals surface area contributed by atoms with Crippen molar-refractivity contribution in [3.63, 3.8) is 0 Å². The summed E-state index contributed by atoms with van der Waals surface area (Å²) in [5.74, 6) is 0.585. The van der Waals surface area contributed by atoms with Gasteiger partial charge in [-0.15, -0.1) is 0 Å². The summed E-state index contributed by atoms with van der Waals surface area (Å²) in [5.41, 5.74) is 6.72. The van der Waals surface area contributed by atoms with Crippen LogP contribution in [-0.4, -0.2) is 18.5 Å². The first-order chi connectivity index (χ1) is 7.13. The van der Waals surface area contributed by atoms with Crippen LogP contribution in [-0.2, 0) is 4.79 Å². The van der Waals surface area contributed by atoms with E-state index in [1.807, 2.05) is 13.8 Å². The molecule has 3 N–H and O–H groups in total. The lowest BCUT2D eigenvalue weighted by atomic mass is 9.98. The number of carbonyl (C=O) groups excluding carboxylic acids is 1. The summed E-state index contributed by atoms with van der Waals surface area (Å²) in [6.07, 6.45) is 6.60. The molecule has 1 saturated carbocycles. The molecular weight excluding hydrogens is 188 g/mol. The zero-order valence-corrected chi connectivity index (χ0v) is 9.75. The Hall–Kier alpha value is -0.830. The molecule has 3 nitrogen and oxygen atoms in total. The highest BCUT2D eigenvalue weighted by Gasteiger charge is 2.24. The number of nitrogens with two attached hydrogens (primary N) is 1. The number of nitrogens with one attached hydrogen (secondary N) is 1. The molecule has 0 heterocycles. The average molecular weight is 210 g/mol. The molecule has 0 saturated heterocycles. The van der Waals surface area contributed by atoms with Crippen molar-refractivity contribution < 1.29 is 4.79 Å². The van der Waals surface area contributed by atoms with Crippen molar-refractivity contribution in [2.24, 2.45) is 11.7 Å². The first kappa shape index (κ1) is 12.2. The summed E-state index contributed by atoms with van der Waals surface area (Å²) in [6.45, 7) is 4.40. The second-order valence-corrected chi connectivity index (χ2v) is 4.62. The standard InChI is InChI=1S/C12H22N2O/c1-9(2)7-12(15)14-11(8-13)10-5-3-4-6-10/h7,10-11H,3-6,8,13H2,1-2H3,(H,14,15). The van der Waals surface area contributed by atoms with E-state index < -0.39 is 0 Å². The number of hydrogen-bond donors (Lipinski definition) is 2. The molecule has 1 rings (SSSR count). The molecule has 0 aromatic heterocycles. The summed E-state index contributed by atoms with van der Waals surface area (Å²) in [6, 6.07) is 0.163. The van der Waals surface area contributed by atoms with E-state index in [1.54, 1.807) is 6.08 Å². The number of hydrogen-bond acceptors (Lipinski definition) is 2. The van der Waals surface area contributed by atoms with Crippen molar-refractivity contribution in [2.45, 2.75) is 45.6 Å². The topological polar surface area (TPSA) is 55.1 Å². The first-order valence-corrected chi connectivity index (χ1v) is 5.79. The van der Waals surface area contributed by atoms with Gasteiger partial charge in [-0.3, -0.25) is 4.79 Å². The number of rotatable bonds is 4. The third kappa shape index (κ3) is 4.04. The molecule has 0 aromatic rings. The fourth-order valence-corrected chi connectivity index (χ4v) is 2.22. The maximum Gasteiger partial charge on any atom is 0.244 e. The second-order valence-electron chi connectivity index (χ2n) is 4.62. The van der Waals surface area contributed by atoms with E-state index in [9.17, 15) is 4.79 Å².